The van der Waals surface area contributed by atoms with Crippen molar-refractivity contribution in [2.24, 2.45) is 5.92 Å². The molecule has 7 nitrogen and oxygen atoms in total. The maximum Gasteiger partial charge on any atom is 0.263 e. The van der Waals surface area contributed by atoms with Crippen molar-refractivity contribution < 1.29 is 9.53 Å². The van der Waals surface area contributed by atoms with E-state index in [2.05, 4.69) is 22.4 Å². The fourth-order valence-electron chi connectivity index (χ4n) is 2.86. The third-order valence-corrected chi connectivity index (χ3v) is 4.08. The van der Waals surface area contributed by atoms with Gasteiger partial charge in [0.1, 0.15) is 12.1 Å². The summed E-state index contributed by atoms with van der Waals surface area (Å²) < 4.78 is 7.35. The van der Waals surface area contributed by atoms with E-state index in [0.29, 0.717) is 11.7 Å². The van der Waals surface area contributed by atoms with Crippen LogP contribution in [-0.2, 0) is 4.79 Å². The molecule has 1 fully saturated rings. The van der Waals surface area contributed by atoms with Crippen LogP contribution in [0.5, 0.6) is 5.75 Å². The molecule has 0 saturated carbocycles. The Hall–Kier alpha value is -2.44. The van der Waals surface area contributed by atoms with E-state index in [1.807, 2.05) is 29.2 Å². The molecule has 1 aromatic heterocycles. The van der Waals surface area contributed by atoms with Crippen molar-refractivity contribution in [3.8, 4) is 11.4 Å². The largest absolute Gasteiger partial charge is 0.481 e. The topological polar surface area (TPSA) is 73.1 Å². The summed E-state index contributed by atoms with van der Waals surface area (Å²) in [5.41, 5.74) is 0.839. The summed E-state index contributed by atoms with van der Waals surface area (Å²) in [7, 11) is 0. The molecule has 0 radical (unpaired) electrons. The quantitative estimate of drug-likeness (QED) is 0.858. The number of piperidine rings is 1. The minimum atomic E-state index is -0.487. The smallest absolute Gasteiger partial charge is 0.263 e. The number of hydrogen-bond acceptors (Lipinski definition) is 5. The summed E-state index contributed by atoms with van der Waals surface area (Å²) in [6, 6.07) is 7.34. The second kappa shape index (κ2) is 6.76. The Morgan fingerprint density at radius 3 is 2.78 bits per heavy atom. The van der Waals surface area contributed by atoms with Gasteiger partial charge in [-0.2, -0.15) is 0 Å². The molecule has 23 heavy (non-hydrogen) atoms. The first kappa shape index (κ1) is 15.5. The molecular formula is C16H21N5O2. The van der Waals surface area contributed by atoms with Crippen molar-refractivity contribution in [2.45, 2.75) is 32.8 Å². The van der Waals surface area contributed by atoms with Crippen molar-refractivity contribution in [3.63, 3.8) is 0 Å². The number of carbonyl (C=O) groups excluding carboxylic acids is 1. The normalized spacial score (nSPS) is 19.4. The van der Waals surface area contributed by atoms with E-state index >= 15 is 0 Å². The van der Waals surface area contributed by atoms with Gasteiger partial charge >= 0.3 is 0 Å². The molecule has 1 aliphatic heterocycles. The number of amides is 1. The van der Waals surface area contributed by atoms with Gasteiger partial charge in [0.15, 0.2) is 6.10 Å². The average Bonchev–Trinajstić information content (AvgIpc) is 3.09. The molecule has 0 aliphatic carbocycles. The number of ether oxygens (including phenoxy) is 1. The van der Waals surface area contributed by atoms with Crippen LogP contribution in [0, 0.1) is 5.92 Å². The predicted octanol–water partition coefficient (Wildman–Crippen LogP) is 1.69. The number of benzene rings is 1. The molecule has 0 spiro atoms. The lowest BCUT2D eigenvalue weighted by atomic mass is 10.00. The third kappa shape index (κ3) is 3.67. The summed E-state index contributed by atoms with van der Waals surface area (Å²) in [4.78, 5) is 14.4. The molecule has 1 saturated heterocycles. The maximum atomic E-state index is 12.5. The molecule has 2 aromatic rings. The van der Waals surface area contributed by atoms with Gasteiger partial charge in [0.25, 0.3) is 5.91 Å². The van der Waals surface area contributed by atoms with Crippen molar-refractivity contribution in [1.82, 2.24) is 25.1 Å². The minimum Gasteiger partial charge on any atom is -0.481 e. The molecule has 2 unspecified atom stereocenters. The molecule has 0 N–H and O–H groups in total. The Morgan fingerprint density at radius 2 is 2.13 bits per heavy atom. The second-order valence-electron chi connectivity index (χ2n) is 6.04. The van der Waals surface area contributed by atoms with Crippen LogP contribution in [0.3, 0.4) is 0 Å². The van der Waals surface area contributed by atoms with Crippen LogP contribution in [0.2, 0.25) is 0 Å². The van der Waals surface area contributed by atoms with Crippen LogP contribution < -0.4 is 4.74 Å². The number of nitrogens with zero attached hydrogens (tertiary/aromatic N) is 5. The Bertz CT molecular complexity index is 641. The predicted molar refractivity (Wildman–Crippen MR) is 84.2 cm³/mol. The van der Waals surface area contributed by atoms with Gasteiger partial charge in [-0.1, -0.05) is 6.92 Å². The molecule has 7 heteroatoms. The Labute approximate surface area is 135 Å². The lowest BCUT2D eigenvalue weighted by molar-refractivity contribution is -0.139. The van der Waals surface area contributed by atoms with E-state index in [4.69, 9.17) is 4.74 Å². The van der Waals surface area contributed by atoms with Crippen LogP contribution in [0.15, 0.2) is 30.6 Å². The van der Waals surface area contributed by atoms with Crippen LogP contribution >= 0.6 is 0 Å². The molecule has 1 aromatic carbocycles. The SMILES string of the molecule is CC1CCCN(C(=O)C(C)Oc2ccc(-n3cnnn3)cc2)C1. The molecule has 1 aliphatic rings. The van der Waals surface area contributed by atoms with Crippen molar-refractivity contribution in [2.75, 3.05) is 13.1 Å². The van der Waals surface area contributed by atoms with E-state index in [1.54, 1.807) is 11.6 Å². The molecule has 122 valence electrons. The van der Waals surface area contributed by atoms with Crippen LogP contribution in [0.4, 0.5) is 0 Å². The number of likely N-dealkylation sites (tertiary alicyclic amines) is 1. The maximum absolute atomic E-state index is 12.5. The first-order valence-corrected chi connectivity index (χ1v) is 7.92. The van der Waals surface area contributed by atoms with E-state index in [9.17, 15) is 4.79 Å². The van der Waals surface area contributed by atoms with E-state index < -0.39 is 6.10 Å². The molecule has 2 atom stereocenters. The first-order valence-electron chi connectivity index (χ1n) is 7.92. The van der Waals surface area contributed by atoms with Crippen molar-refractivity contribution >= 4 is 5.91 Å². The number of hydrogen-bond donors (Lipinski definition) is 0. The average molecular weight is 315 g/mol. The fraction of sp³-hybridized carbons (Fsp3) is 0.500. The highest BCUT2D eigenvalue weighted by atomic mass is 16.5. The minimum absolute atomic E-state index is 0.0566. The zero-order chi connectivity index (χ0) is 16.2. The van der Waals surface area contributed by atoms with Gasteiger partial charge in [0.05, 0.1) is 5.69 Å². The zero-order valence-corrected chi connectivity index (χ0v) is 13.4. The molecule has 1 amide bonds. The molecule has 2 heterocycles. The summed E-state index contributed by atoms with van der Waals surface area (Å²) >= 11 is 0. The highest BCUT2D eigenvalue weighted by Crippen LogP contribution is 2.19. The Kier molecular flexibility index (Phi) is 4.55. The number of aromatic nitrogens is 4. The van der Waals surface area contributed by atoms with Gasteiger partial charge in [0.2, 0.25) is 0 Å². The van der Waals surface area contributed by atoms with Gasteiger partial charge in [-0.3, -0.25) is 4.79 Å². The lowest BCUT2D eigenvalue weighted by Gasteiger charge is -2.32. The van der Waals surface area contributed by atoms with Crippen molar-refractivity contribution in [3.05, 3.63) is 30.6 Å². The van der Waals surface area contributed by atoms with E-state index in [0.717, 1.165) is 25.2 Å². The highest BCUT2D eigenvalue weighted by molar-refractivity contribution is 5.81. The van der Waals surface area contributed by atoms with Crippen LogP contribution in [-0.4, -0.2) is 50.2 Å². The van der Waals surface area contributed by atoms with Crippen LogP contribution in [0.1, 0.15) is 26.7 Å². The van der Waals surface area contributed by atoms with E-state index in [1.165, 1.54) is 12.7 Å². The molecule has 3 rings (SSSR count). The summed E-state index contributed by atoms with van der Waals surface area (Å²) in [6.45, 7) is 5.64. The standard InChI is InChI=1S/C16H21N5O2/c1-12-4-3-9-20(10-12)16(22)13(2)23-15-7-5-14(6-8-15)21-11-17-18-19-21/h5-8,11-13H,3-4,9-10H2,1-2H3. The lowest BCUT2D eigenvalue weighted by Crippen LogP contribution is -2.45. The van der Waals surface area contributed by atoms with Gasteiger partial charge in [-0.25, -0.2) is 4.68 Å². The monoisotopic (exact) mass is 315 g/mol. The number of tetrazole rings is 1. The fourth-order valence-corrected chi connectivity index (χ4v) is 2.86. The number of rotatable bonds is 4. The molecular weight excluding hydrogens is 294 g/mol. The summed E-state index contributed by atoms with van der Waals surface area (Å²) in [5.74, 6) is 1.28. The summed E-state index contributed by atoms with van der Waals surface area (Å²) in [6.07, 6.45) is 3.30. The Balaban J connectivity index is 1.61. The van der Waals surface area contributed by atoms with Crippen molar-refractivity contribution in [1.29, 1.82) is 0 Å². The van der Waals surface area contributed by atoms with E-state index in [-0.39, 0.29) is 5.91 Å². The van der Waals surface area contributed by atoms with Gasteiger partial charge in [0, 0.05) is 13.1 Å². The second-order valence-corrected chi connectivity index (χ2v) is 6.04. The van der Waals surface area contributed by atoms with Crippen LogP contribution in [0.25, 0.3) is 5.69 Å². The van der Waals surface area contributed by atoms with Gasteiger partial charge in [-0.15, -0.1) is 5.10 Å². The zero-order valence-electron chi connectivity index (χ0n) is 13.4. The summed E-state index contributed by atoms with van der Waals surface area (Å²) in [5, 5.41) is 11.0. The third-order valence-electron chi connectivity index (χ3n) is 4.08. The number of carbonyl (C=O) groups is 1. The first-order chi connectivity index (χ1) is 11.1. The van der Waals surface area contributed by atoms with Gasteiger partial charge < -0.3 is 9.64 Å². The van der Waals surface area contributed by atoms with Gasteiger partial charge in [-0.05, 0) is 60.4 Å². The molecule has 0 bridgehead atoms. The Morgan fingerprint density at radius 1 is 1.35 bits per heavy atom. The highest BCUT2D eigenvalue weighted by Gasteiger charge is 2.26.